The van der Waals surface area contributed by atoms with Gasteiger partial charge in [-0.05, 0) is 12.8 Å². The zero-order chi connectivity index (χ0) is 11.0. The number of unbranched alkanes of at least 4 members (excludes halogenated alkanes) is 3. The summed E-state index contributed by atoms with van der Waals surface area (Å²) in [6.07, 6.45) is 8.47. The molecule has 0 aromatic carbocycles. The molecule has 1 heteroatoms. The van der Waals surface area contributed by atoms with Crippen molar-refractivity contribution in [2.75, 3.05) is 0 Å². The Morgan fingerprint density at radius 3 is 2.36 bits per heavy atom. The van der Waals surface area contributed by atoms with E-state index in [9.17, 15) is 5.11 Å². The van der Waals surface area contributed by atoms with Crippen molar-refractivity contribution in [1.29, 1.82) is 0 Å². The van der Waals surface area contributed by atoms with Crippen molar-refractivity contribution < 1.29 is 5.11 Å². The highest BCUT2D eigenvalue weighted by Crippen LogP contribution is 2.30. The lowest BCUT2D eigenvalue weighted by Gasteiger charge is -2.30. The second kappa shape index (κ2) is 7.05. The summed E-state index contributed by atoms with van der Waals surface area (Å²) in [5.74, 6) is 0. The van der Waals surface area contributed by atoms with Crippen molar-refractivity contribution in [2.45, 2.75) is 65.4 Å². The van der Waals surface area contributed by atoms with Crippen LogP contribution in [0.25, 0.3) is 0 Å². The lowest BCUT2D eigenvalue weighted by molar-refractivity contribution is 0.0578. The van der Waals surface area contributed by atoms with Crippen LogP contribution in [0.15, 0.2) is 12.7 Å². The molecule has 0 spiro atoms. The Morgan fingerprint density at radius 1 is 1.29 bits per heavy atom. The molecule has 14 heavy (non-hydrogen) atoms. The summed E-state index contributed by atoms with van der Waals surface area (Å²) >= 11 is 0. The Kier molecular flexibility index (Phi) is 6.90. The van der Waals surface area contributed by atoms with E-state index in [2.05, 4.69) is 27.4 Å². The smallest absolute Gasteiger partial charge is 0.0628 e. The summed E-state index contributed by atoms with van der Waals surface area (Å²) < 4.78 is 0. The van der Waals surface area contributed by atoms with Gasteiger partial charge in [0.05, 0.1) is 6.10 Å². The van der Waals surface area contributed by atoms with Gasteiger partial charge in [0.15, 0.2) is 0 Å². The van der Waals surface area contributed by atoms with Gasteiger partial charge in [-0.25, -0.2) is 0 Å². The molecule has 1 N–H and O–H groups in total. The molecule has 0 heterocycles. The second-order valence-electron chi connectivity index (χ2n) is 4.43. The maximum atomic E-state index is 10.00. The number of hydrogen-bond donors (Lipinski definition) is 1. The van der Waals surface area contributed by atoms with E-state index in [1.807, 2.05) is 6.08 Å². The lowest BCUT2D eigenvalue weighted by atomic mass is 9.79. The molecule has 0 aromatic heterocycles. The Morgan fingerprint density at radius 2 is 1.93 bits per heavy atom. The van der Waals surface area contributed by atoms with Crippen LogP contribution < -0.4 is 0 Å². The zero-order valence-corrected chi connectivity index (χ0v) is 10.1. The Hall–Kier alpha value is -0.300. The van der Waals surface area contributed by atoms with Crippen molar-refractivity contribution in [3.63, 3.8) is 0 Å². The zero-order valence-electron chi connectivity index (χ0n) is 10.1. The van der Waals surface area contributed by atoms with Crippen LogP contribution in [0.3, 0.4) is 0 Å². The third-order valence-corrected chi connectivity index (χ3v) is 3.32. The molecule has 0 fully saturated rings. The van der Waals surface area contributed by atoms with Crippen molar-refractivity contribution in [3.05, 3.63) is 12.7 Å². The maximum Gasteiger partial charge on any atom is 0.0628 e. The molecule has 0 bridgehead atoms. The molecule has 0 aromatic rings. The monoisotopic (exact) mass is 198 g/mol. The van der Waals surface area contributed by atoms with Crippen LogP contribution in [0, 0.1) is 5.41 Å². The van der Waals surface area contributed by atoms with E-state index in [4.69, 9.17) is 0 Å². The third kappa shape index (κ3) is 4.28. The van der Waals surface area contributed by atoms with E-state index in [0.717, 1.165) is 19.3 Å². The fourth-order valence-electron chi connectivity index (χ4n) is 1.61. The second-order valence-corrected chi connectivity index (χ2v) is 4.43. The van der Waals surface area contributed by atoms with Gasteiger partial charge < -0.3 is 5.11 Å². The lowest BCUT2D eigenvalue weighted by Crippen LogP contribution is -2.29. The molecule has 0 saturated carbocycles. The minimum Gasteiger partial charge on any atom is -0.392 e. The van der Waals surface area contributed by atoms with Crippen LogP contribution in [-0.2, 0) is 0 Å². The predicted molar refractivity (Wildman–Crippen MR) is 63.4 cm³/mol. The molecule has 2 atom stereocenters. The number of aliphatic hydroxyl groups is 1. The summed E-state index contributed by atoms with van der Waals surface area (Å²) in [7, 11) is 0. The Balaban J connectivity index is 3.81. The highest BCUT2D eigenvalue weighted by molar-refractivity contribution is 4.95. The van der Waals surface area contributed by atoms with Crippen LogP contribution in [0.2, 0.25) is 0 Å². The standard InChI is InChI=1S/C13H26O/c1-5-8-9-10-11-12(14)13(4,6-2)7-3/h6,12,14H,2,5,7-11H2,1,3-4H3/t12-,13+/m1/s1. The summed E-state index contributed by atoms with van der Waals surface area (Å²) in [6.45, 7) is 10.2. The van der Waals surface area contributed by atoms with Gasteiger partial charge in [-0.15, -0.1) is 6.58 Å². The van der Waals surface area contributed by atoms with Crippen molar-refractivity contribution in [3.8, 4) is 0 Å². The topological polar surface area (TPSA) is 20.2 Å². The summed E-state index contributed by atoms with van der Waals surface area (Å²) in [4.78, 5) is 0. The first-order chi connectivity index (χ1) is 6.60. The molecule has 0 unspecified atom stereocenters. The molecule has 0 amide bonds. The van der Waals surface area contributed by atoms with Gasteiger partial charge >= 0.3 is 0 Å². The van der Waals surface area contributed by atoms with E-state index < -0.39 is 0 Å². The van der Waals surface area contributed by atoms with E-state index in [1.165, 1.54) is 19.3 Å². The highest BCUT2D eigenvalue weighted by atomic mass is 16.3. The number of rotatable bonds is 8. The fourth-order valence-corrected chi connectivity index (χ4v) is 1.61. The minimum absolute atomic E-state index is 0.0911. The van der Waals surface area contributed by atoms with E-state index in [-0.39, 0.29) is 11.5 Å². The van der Waals surface area contributed by atoms with Gasteiger partial charge in [-0.1, -0.05) is 52.5 Å². The average Bonchev–Trinajstić information content (AvgIpc) is 2.22. The van der Waals surface area contributed by atoms with E-state index >= 15 is 0 Å². The molecular formula is C13H26O. The SMILES string of the molecule is C=C[C@@](C)(CC)[C@H](O)CCCCCC. The highest BCUT2D eigenvalue weighted by Gasteiger charge is 2.26. The van der Waals surface area contributed by atoms with Gasteiger partial charge in [0.25, 0.3) is 0 Å². The van der Waals surface area contributed by atoms with Gasteiger partial charge in [-0.2, -0.15) is 0 Å². The van der Waals surface area contributed by atoms with E-state index in [0.29, 0.717) is 0 Å². The summed E-state index contributed by atoms with van der Waals surface area (Å²) in [5.41, 5.74) is -0.0911. The van der Waals surface area contributed by atoms with Crippen molar-refractivity contribution in [1.82, 2.24) is 0 Å². The first kappa shape index (κ1) is 13.7. The summed E-state index contributed by atoms with van der Waals surface area (Å²) in [5, 5.41) is 10.00. The van der Waals surface area contributed by atoms with Crippen molar-refractivity contribution >= 4 is 0 Å². The molecule has 84 valence electrons. The molecule has 0 saturated heterocycles. The van der Waals surface area contributed by atoms with Crippen molar-refractivity contribution in [2.24, 2.45) is 5.41 Å². The van der Waals surface area contributed by atoms with Crippen LogP contribution in [-0.4, -0.2) is 11.2 Å². The largest absolute Gasteiger partial charge is 0.392 e. The molecule has 1 nitrogen and oxygen atoms in total. The van der Waals surface area contributed by atoms with Gasteiger partial charge in [0.1, 0.15) is 0 Å². The minimum atomic E-state index is -0.221. The normalized spacial score (nSPS) is 17.4. The Labute approximate surface area is 89.2 Å². The average molecular weight is 198 g/mol. The third-order valence-electron chi connectivity index (χ3n) is 3.32. The molecule has 0 radical (unpaired) electrons. The van der Waals surface area contributed by atoms with Crippen LogP contribution in [0.1, 0.15) is 59.3 Å². The molecule has 0 rings (SSSR count). The first-order valence-corrected chi connectivity index (χ1v) is 5.92. The van der Waals surface area contributed by atoms with E-state index in [1.54, 1.807) is 0 Å². The predicted octanol–water partition coefficient (Wildman–Crippen LogP) is 3.92. The molecular weight excluding hydrogens is 172 g/mol. The van der Waals surface area contributed by atoms with Gasteiger partial charge in [-0.3, -0.25) is 0 Å². The Bertz CT molecular complexity index is 153. The molecule has 0 aliphatic carbocycles. The van der Waals surface area contributed by atoms with Crippen LogP contribution in [0.5, 0.6) is 0 Å². The fraction of sp³-hybridized carbons (Fsp3) is 0.846. The number of hydrogen-bond acceptors (Lipinski definition) is 1. The van der Waals surface area contributed by atoms with Gasteiger partial charge in [0, 0.05) is 5.41 Å². The maximum absolute atomic E-state index is 10.00. The quantitative estimate of drug-likeness (QED) is 0.463. The van der Waals surface area contributed by atoms with Crippen LogP contribution in [0.4, 0.5) is 0 Å². The summed E-state index contributed by atoms with van der Waals surface area (Å²) in [6, 6.07) is 0. The molecule has 0 aliphatic rings. The number of aliphatic hydroxyl groups excluding tert-OH is 1. The molecule has 0 aliphatic heterocycles. The van der Waals surface area contributed by atoms with Gasteiger partial charge in [0.2, 0.25) is 0 Å². The first-order valence-electron chi connectivity index (χ1n) is 5.92. The van der Waals surface area contributed by atoms with Crippen LogP contribution >= 0.6 is 0 Å².